The Labute approximate surface area is 214 Å². The Kier molecular flexibility index (Phi) is 5.78. The molecule has 184 valence electrons. The number of aromatic nitrogens is 2. The van der Waals surface area contributed by atoms with Crippen molar-refractivity contribution >= 4 is 45.5 Å². The van der Waals surface area contributed by atoms with Crippen LogP contribution in [-0.4, -0.2) is 60.8 Å². The molecule has 0 spiro atoms. The lowest BCUT2D eigenvalue weighted by Crippen LogP contribution is -2.44. The minimum Gasteiger partial charge on any atom is -0.368 e. The molecule has 9 heteroatoms. The van der Waals surface area contributed by atoms with Gasteiger partial charge in [0.1, 0.15) is 0 Å². The lowest BCUT2D eigenvalue weighted by atomic mass is 10.0. The second-order valence-electron chi connectivity index (χ2n) is 9.41. The molecule has 6 rings (SSSR count). The van der Waals surface area contributed by atoms with Gasteiger partial charge in [-0.15, -0.1) is 0 Å². The molecule has 0 atom stereocenters. The summed E-state index contributed by atoms with van der Waals surface area (Å²) in [4.78, 5) is 24.3. The van der Waals surface area contributed by atoms with Crippen LogP contribution in [0.1, 0.15) is 11.4 Å². The number of aryl methyl sites for hydroxylation is 1. The fourth-order valence-electron chi connectivity index (χ4n) is 5.09. The summed E-state index contributed by atoms with van der Waals surface area (Å²) in [6.07, 6.45) is 0.779. The molecular formula is C27H27ClN6O2. The standard InChI is InChI=1S/C27H27ClN6O2/c1-17-29-26(36-31-17)21-7-3-6-20-19(21)5-4-8-23(20)30-27(35)34-10-9-18-15-22(28)25(16-24(18)34)33-13-11-32(2)12-14-33/h3-8,15-16H,9-14H2,1-2H3,(H,30,35). The van der Waals surface area contributed by atoms with E-state index >= 15 is 0 Å². The highest BCUT2D eigenvalue weighted by Crippen LogP contribution is 2.39. The van der Waals surface area contributed by atoms with Crippen LogP contribution in [0.5, 0.6) is 0 Å². The number of halogens is 1. The number of nitrogens with zero attached hydrogens (tertiary/aromatic N) is 5. The van der Waals surface area contributed by atoms with Gasteiger partial charge in [-0.25, -0.2) is 4.79 Å². The molecule has 2 aliphatic heterocycles. The number of urea groups is 1. The van der Waals surface area contributed by atoms with Crippen molar-refractivity contribution in [1.29, 1.82) is 0 Å². The van der Waals surface area contributed by atoms with E-state index in [9.17, 15) is 4.79 Å². The van der Waals surface area contributed by atoms with Crippen molar-refractivity contribution in [3.63, 3.8) is 0 Å². The summed E-state index contributed by atoms with van der Waals surface area (Å²) in [5, 5.41) is 9.65. The van der Waals surface area contributed by atoms with Gasteiger partial charge in [0, 0.05) is 43.7 Å². The van der Waals surface area contributed by atoms with Gasteiger partial charge in [-0.1, -0.05) is 41.0 Å². The van der Waals surface area contributed by atoms with E-state index in [-0.39, 0.29) is 6.03 Å². The van der Waals surface area contributed by atoms with Crippen LogP contribution >= 0.6 is 11.6 Å². The first-order valence-electron chi connectivity index (χ1n) is 12.1. The first kappa shape index (κ1) is 22.8. The zero-order valence-electron chi connectivity index (χ0n) is 20.3. The van der Waals surface area contributed by atoms with E-state index in [1.165, 1.54) is 0 Å². The largest absolute Gasteiger partial charge is 0.368 e. The molecule has 1 aromatic heterocycles. The lowest BCUT2D eigenvalue weighted by molar-refractivity contribution is 0.257. The molecule has 0 saturated carbocycles. The van der Waals surface area contributed by atoms with Crippen molar-refractivity contribution in [1.82, 2.24) is 15.0 Å². The monoisotopic (exact) mass is 502 g/mol. The van der Waals surface area contributed by atoms with Gasteiger partial charge in [-0.05, 0) is 55.6 Å². The number of nitrogens with one attached hydrogen (secondary N) is 1. The van der Waals surface area contributed by atoms with Crippen LogP contribution in [0.2, 0.25) is 5.02 Å². The zero-order valence-corrected chi connectivity index (χ0v) is 21.0. The van der Waals surface area contributed by atoms with Crippen LogP contribution in [0, 0.1) is 6.92 Å². The molecule has 3 aromatic carbocycles. The average Bonchev–Trinajstić information content (AvgIpc) is 3.50. The molecule has 36 heavy (non-hydrogen) atoms. The first-order chi connectivity index (χ1) is 17.5. The van der Waals surface area contributed by atoms with Gasteiger partial charge in [0.15, 0.2) is 5.82 Å². The molecule has 0 aliphatic carbocycles. The zero-order chi connectivity index (χ0) is 24.8. The number of hydrogen-bond donors (Lipinski definition) is 1. The third kappa shape index (κ3) is 4.06. The van der Waals surface area contributed by atoms with Crippen LogP contribution in [0.3, 0.4) is 0 Å². The SMILES string of the molecule is Cc1noc(-c2cccc3c(NC(=O)N4CCc5cc(Cl)c(N6CCN(C)CC6)cc54)cccc23)n1. The molecule has 0 unspecified atom stereocenters. The molecule has 2 amide bonds. The topological polar surface area (TPSA) is 77.7 Å². The number of benzene rings is 3. The number of hydrogen-bond acceptors (Lipinski definition) is 6. The summed E-state index contributed by atoms with van der Waals surface area (Å²) in [5.74, 6) is 1.04. The Morgan fingerprint density at radius 2 is 1.78 bits per heavy atom. The van der Waals surface area contributed by atoms with E-state index in [4.69, 9.17) is 16.1 Å². The predicted octanol–water partition coefficient (Wildman–Crippen LogP) is 5.20. The van der Waals surface area contributed by atoms with Gasteiger partial charge in [0.05, 0.1) is 22.1 Å². The normalized spacial score (nSPS) is 16.0. The maximum atomic E-state index is 13.5. The van der Waals surface area contributed by atoms with E-state index in [2.05, 4.69) is 38.4 Å². The number of rotatable bonds is 3. The van der Waals surface area contributed by atoms with Crippen molar-refractivity contribution in [2.75, 3.05) is 54.9 Å². The predicted molar refractivity (Wildman–Crippen MR) is 143 cm³/mol. The number of fused-ring (bicyclic) bond motifs is 2. The third-order valence-electron chi connectivity index (χ3n) is 7.05. The molecule has 0 radical (unpaired) electrons. The number of piperazine rings is 1. The maximum Gasteiger partial charge on any atom is 0.326 e. The fraction of sp³-hybridized carbons (Fsp3) is 0.296. The second-order valence-corrected chi connectivity index (χ2v) is 9.81. The Bertz CT molecular complexity index is 1460. The van der Waals surface area contributed by atoms with E-state index in [0.717, 1.165) is 76.6 Å². The minimum atomic E-state index is -0.160. The smallest absolute Gasteiger partial charge is 0.326 e. The third-order valence-corrected chi connectivity index (χ3v) is 7.36. The van der Waals surface area contributed by atoms with Crippen LogP contribution < -0.4 is 15.1 Å². The molecule has 1 fully saturated rings. The van der Waals surface area contributed by atoms with E-state index in [1.807, 2.05) is 47.4 Å². The molecule has 8 nitrogen and oxygen atoms in total. The first-order valence-corrected chi connectivity index (χ1v) is 12.5. The Balaban J connectivity index is 1.29. The Morgan fingerprint density at radius 3 is 2.56 bits per heavy atom. The van der Waals surface area contributed by atoms with Crippen LogP contribution in [0.15, 0.2) is 53.1 Å². The number of likely N-dealkylation sites (N-methyl/N-ethyl adjacent to an activating group) is 1. The fourth-order valence-corrected chi connectivity index (χ4v) is 5.40. The van der Waals surface area contributed by atoms with Gasteiger partial charge in [0.2, 0.25) is 0 Å². The van der Waals surface area contributed by atoms with Crippen molar-refractivity contribution in [2.24, 2.45) is 0 Å². The van der Waals surface area contributed by atoms with Crippen molar-refractivity contribution in [3.05, 3.63) is 64.9 Å². The van der Waals surface area contributed by atoms with Crippen LogP contribution in [-0.2, 0) is 6.42 Å². The van der Waals surface area contributed by atoms with Gasteiger partial charge >= 0.3 is 6.03 Å². The molecular weight excluding hydrogens is 476 g/mol. The molecule has 2 aliphatic rings. The van der Waals surface area contributed by atoms with Crippen LogP contribution in [0.25, 0.3) is 22.2 Å². The summed E-state index contributed by atoms with van der Waals surface area (Å²) < 4.78 is 5.40. The molecule has 1 N–H and O–H groups in total. The molecule has 1 saturated heterocycles. The highest BCUT2D eigenvalue weighted by Gasteiger charge is 2.28. The highest BCUT2D eigenvalue weighted by atomic mass is 35.5. The lowest BCUT2D eigenvalue weighted by Gasteiger charge is -2.35. The number of anilines is 3. The second kappa shape index (κ2) is 9.11. The highest BCUT2D eigenvalue weighted by molar-refractivity contribution is 6.33. The minimum absolute atomic E-state index is 0.160. The Morgan fingerprint density at radius 1 is 1.00 bits per heavy atom. The van der Waals surface area contributed by atoms with Gasteiger partial charge in [-0.2, -0.15) is 4.98 Å². The van der Waals surface area contributed by atoms with Gasteiger partial charge < -0.3 is 19.6 Å². The number of amides is 2. The summed E-state index contributed by atoms with van der Waals surface area (Å²) in [6, 6.07) is 15.6. The van der Waals surface area contributed by atoms with Crippen molar-refractivity contribution < 1.29 is 9.32 Å². The van der Waals surface area contributed by atoms with E-state index in [0.29, 0.717) is 18.3 Å². The molecule has 0 bridgehead atoms. The van der Waals surface area contributed by atoms with Crippen LogP contribution in [0.4, 0.5) is 21.9 Å². The quantitative estimate of drug-likeness (QED) is 0.415. The van der Waals surface area contributed by atoms with Crippen molar-refractivity contribution in [3.8, 4) is 11.5 Å². The van der Waals surface area contributed by atoms with Gasteiger partial charge in [0.25, 0.3) is 5.89 Å². The number of carbonyl (C=O) groups is 1. The summed E-state index contributed by atoms with van der Waals surface area (Å²) >= 11 is 6.68. The summed E-state index contributed by atoms with van der Waals surface area (Å²) in [5.41, 5.74) is 4.58. The summed E-state index contributed by atoms with van der Waals surface area (Å²) in [6.45, 7) is 6.22. The average molecular weight is 503 g/mol. The maximum absolute atomic E-state index is 13.5. The molecule has 4 aromatic rings. The summed E-state index contributed by atoms with van der Waals surface area (Å²) in [7, 11) is 2.13. The van der Waals surface area contributed by atoms with Gasteiger partial charge in [-0.3, -0.25) is 4.90 Å². The van der Waals surface area contributed by atoms with E-state index in [1.54, 1.807) is 6.92 Å². The Hall–Kier alpha value is -3.62. The van der Waals surface area contributed by atoms with Crippen molar-refractivity contribution in [2.45, 2.75) is 13.3 Å². The molecule has 3 heterocycles. The van der Waals surface area contributed by atoms with E-state index < -0.39 is 0 Å². The number of carbonyl (C=O) groups excluding carboxylic acids is 1.